The van der Waals surface area contributed by atoms with Crippen molar-refractivity contribution in [3.8, 4) is 17.2 Å². The van der Waals surface area contributed by atoms with Gasteiger partial charge >= 0.3 is 23.9 Å². The lowest BCUT2D eigenvalue weighted by atomic mass is 9.90. The standard InChI is InChI=1S/C48H54O10/c1-3-43(50)55-30-10-6-5-9-29-54-40-23-17-35(18-24-40)20-28-46(53)58-42-26-25-41(47-37-21-22-38(33-37)48(42)47)57-45(52)27-19-34-13-15-36(16-14-34)32-39(49)12-8-7-11-31-56-44(51)4-2/h3-4,13-20,23-28,37-39,49H,1-2,5-12,21-22,29-33H2/b27-19+,28-20+. The van der Waals surface area contributed by atoms with E-state index < -0.39 is 30.0 Å². The molecule has 3 unspecified atom stereocenters. The molecule has 0 saturated heterocycles. The van der Waals surface area contributed by atoms with Crippen molar-refractivity contribution in [2.75, 3.05) is 19.8 Å². The van der Waals surface area contributed by atoms with Crippen molar-refractivity contribution in [1.82, 2.24) is 0 Å². The Morgan fingerprint density at radius 3 is 1.62 bits per heavy atom. The Bertz CT molecular complexity index is 1920. The van der Waals surface area contributed by atoms with Crippen LogP contribution in [0.25, 0.3) is 12.2 Å². The molecular weight excluding hydrogens is 737 g/mol. The summed E-state index contributed by atoms with van der Waals surface area (Å²) in [5.41, 5.74) is 4.57. The maximum Gasteiger partial charge on any atom is 0.336 e. The highest BCUT2D eigenvalue weighted by Crippen LogP contribution is 2.58. The van der Waals surface area contributed by atoms with Crippen molar-refractivity contribution >= 4 is 36.0 Å². The molecule has 0 heterocycles. The van der Waals surface area contributed by atoms with Crippen LogP contribution in [-0.4, -0.2) is 54.9 Å². The Morgan fingerprint density at radius 1 is 0.621 bits per heavy atom. The summed E-state index contributed by atoms with van der Waals surface area (Å²) < 4.78 is 27.5. The van der Waals surface area contributed by atoms with Gasteiger partial charge in [0, 0.05) is 35.4 Å². The van der Waals surface area contributed by atoms with Gasteiger partial charge in [-0.3, -0.25) is 0 Å². The smallest absolute Gasteiger partial charge is 0.336 e. The second kappa shape index (κ2) is 22.9. The molecule has 3 aromatic carbocycles. The highest BCUT2D eigenvalue weighted by molar-refractivity contribution is 5.90. The fourth-order valence-electron chi connectivity index (χ4n) is 7.42. The van der Waals surface area contributed by atoms with Gasteiger partial charge in [0.05, 0.1) is 25.9 Å². The molecule has 5 rings (SSSR count). The molecule has 0 aliphatic heterocycles. The number of rotatable bonds is 24. The van der Waals surface area contributed by atoms with Crippen LogP contribution in [0, 0.1) is 0 Å². The van der Waals surface area contributed by atoms with E-state index in [0.717, 1.165) is 104 Å². The van der Waals surface area contributed by atoms with Crippen molar-refractivity contribution in [2.24, 2.45) is 0 Å². The first-order valence-electron chi connectivity index (χ1n) is 20.3. The van der Waals surface area contributed by atoms with Crippen LogP contribution in [0.3, 0.4) is 0 Å². The number of hydrogen-bond acceptors (Lipinski definition) is 10. The maximum absolute atomic E-state index is 13.0. The highest BCUT2D eigenvalue weighted by atomic mass is 16.5. The summed E-state index contributed by atoms with van der Waals surface area (Å²) in [5.74, 6) is 0.462. The van der Waals surface area contributed by atoms with E-state index >= 15 is 0 Å². The number of benzene rings is 3. The largest absolute Gasteiger partial charge is 0.494 e. The summed E-state index contributed by atoms with van der Waals surface area (Å²) in [6.45, 7) is 8.09. The van der Waals surface area contributed by atoms with Crippen LogP contribution in [0.1, 0.15) is 110 Å². The summed E-state index contributed by atoms with van der Waals surface area (Å²) in [6, 6.07) is 18.6. The van der Waals surface area contributed by atoms with Crippen LogP contribution in [0.4, 0.5) is 0 Å². The number of ether oxygens (including phenoxy) is 5. The second-order valence-electron chi connectivity index (χ2n) is 14.6. The Balaban J connectivity index is 1.06. The third-order valence-corrected chi connectivity index (χ3v) is 10.3. The zero-order valence-electron chi connectivity index (χ0n) is 33.1. The predicted octanol–water partition coefficient (Wildman–Crippen LogP) is 9.15. The highest BCUT2D eigenvalue weighted by Gasteiger charge is 2.42. The molecule has 3 atom stereocenters. The Kier molecular flexibility index (Phi) is 17.1. The molecular formula is C48H54O10. The SMILES string of the molecule is C=CC(=O)OCCCCCCOc1ccc(/C=C/C(=O)Oc2ccc(OC(=O)/C=C/c3ccc(CC(O)CCCCCOC(=O)C=C)cc3)c3c2C2CCC3C2)cc1. The fraction of sp³-hybridized carbons (Fsp3) is 0.375. The first-order chi connectivity index (χ1) is 28.2. The van der Waals surface area contributed by atoms with E-state index in [4.69, 9.17) is 23.7 Å². The first kappa shape index (κ1) is 43.4. The van der Waals surface area contributed by atoms with Crippen LogP contribution in [0.15, 0.2) is 98.1 Å². The molecule has 3 aromatic rings. The van der Waals surface area contributed by atoms with Crippen molar-refractivity contribution in [3.05, 3.63) is 126 Å². The molecule has 10 heteroatoms. The molecule has 10 nitrogen and oxygen atoms in total. The molecule has 1 fully saturated rings. The van der Waals surface area contributed by atoms with Crippen LogP contribution >= 0.6 is 0 Å². The summed E-state index contributed by atoms with van der Waals surface area (Å²) in [5, 5.41) is 10.5. The number of aliphatic hydroxyl groups excluding tert-OH is 1. The van der Waals surface area contributed by atoms with Gasteiger partial charge in [0.25, 0.3) is 0 Å². The number of hydrogen-bond donors (Lipinski definition) is 1. The molecule has 2 aliphatic carbocycles. The zero-order valence-corrected chi connectivity index (χ0v) is 33.1. The molecule has 0 aromatic heterocycles. The first-order valence-corrected chi connectivity index (χ1v) is 20.3. The van der Waals surface area contributed by atoms with Crippen molar-refractivity contribution in [1.29, 1.82) is 0 Å². The second-order valence-corrected chi connectivity index (χ2v) is 14.6. The minimum absolute atomic E-state index is 0.251. The van der Waals surface area contributed by atoms with Gasteiger partial charge < -0.3 is 28.8 Å². The van der Waals surface area contributed by atoms with E-state index in [1.165, 1.54) is 18.2 Å². The molecule has 2 aliphatic rings. The van der Waals surface area contributed by atoms with Gasteiger partial charge in [-0.2, -0.15) is 0 Å². The van der Waals surface area contributed by atoms with Gasteiger partial charge in [-0.1, -0.05) is 56.0 Å². The van der Waals surface area contributed by atoms with E-state index in [-0.39, 0.29) is 11.8 Å². The molecule has 0 radical (unpaired) electrons. The molecule has 58 heavy (non-hydrogen) atoms. The number of carbonyl (C=O) groups is 4. The molecule has 1 N–H and O–H groups in total. The van der Waals surface area contributed by atoms with Crippen LogP contribution in [0.2, 0.25) is 0 Å². The molecule has 1 saturated carbocycles. The minimum atomic E-state index is -0.492. The van der Waals surface area contributed by atoms with Crippen molar-refractivity contribution in [2.45, 2.75) is 95.0 Å². The van der Waals surface area contributed by atoms with E-state index in [2.05, 4.69) is 13.2 Å². The third kappa shape index (κ3) is 13.7. The topological polar surface area (TPSA) is 135 Å². The Hall–Kier alpha value is -5.74. The van der Waals surface area contributed by atoms with E-state index in [9.17, 15) is 24.3 Å². The van der Waals surface area contributed by atoms with Crippen LogP contribution < -0.4 is 14.2 Å². The van der Waals surface area contributed by atoms with E-state index in [1.54, 1.807) is 24.3 Å². The quantitative estimate of drug-likeness (QED) is 0.0405. The van der Waals surface area contributed by atoms with Gasteiger partial charge in [-0.05, 0) is 136 Å². The molecule has 306 valence electrons. The minimum Gasteiger partial charge on any atom is -0.494 e. The molecule has 0 amide bonds. The average Bonchev–Trinajstić information content (AvgIpc) is 3.87. The van der Waals surface area contributed by atoms with Crippen LogP contribution in [0.5, 0.6) is 17.2 Å². The van der Waals surface area contributed by atoms with Crippen molar-refractivity contribution in [3.63, 3.8) is 0 Å². The monoisotopic (exact) mass is 790 g/mol. The number of aliphatic hydroxyl groups is 1. The van der Waals surface area contributed by atoms with E-state index in [1.807, 2.05) is 48.5 Å². The predicted molar refractivity (Wildman–Crippen MR) is 222 cm³/mol. The normalized spacial score (nSPS) is 15.8. The lowest BCUT2D eigenvalue weighted by molar-refractivity contribution is -0.138. The molecule has 0 spiro atoms. The van der Waals surface area contributed by atoms with Gasteiger partial charge in [0.2, 0.25) is 0 Å². The van der Waals surface area contributed by atoms with E-state index in [0.29, 0.717) is 44.2 Å². The third-order valence-electron chi connectivity index (χ3n) is 10.3. The van der Waals surface area contributed by atoms with Gasteiger partial charge in [-0.15, -0.1) is 0 Å². The van der Waals surface area contributed by atoms with Gasteiger partial charge in [0.1, 0.15) is 17.2 Å². The number of esters is 4. The summed E-state index contributed by atoms with van der Waals surface area (Å²) in [7, 11) is 0. The summed E-state index contributed by atoms with van der Waals surface area (Å²) in [6.07, 6.45) is 18.3. The zero-order chi connectivity index (χ0) is 41.1. The maximum atomic E-state index is 13.0. The summed E-state index contributed by atoms with van der Waals surface area (Å²) >= 11 is 0. The number of unbranched alkanes of at least 4 members (excludes halogenated alkanes) is 5. The lowest BCUT2D eigenvalue weighted by Gasteiger charge is -2.21. The Labute approximate surface area is 341 Å². The van der Waals surface area contributed by atoms with Crippen molar-refractivity contribution < 1.29 is 48.0 Å². The molecule has 2 bridgehead atoms. The summed E-state index contributed by atoms with van der Waals surface area (Å²) in [4.78, 5) is 48.1. The number of carbonyl (C=O) groups excluding carboxylic acids is 4. The van der Waals surface area contributed by atoms with Gasteiger partial charge in [-0.25, -0.2) is 19.2 Å². The number of fused-ring (bicyclic) bond motifs is 5. The van der Waals surface area contributed by atoms with Crippen LogP contribution in [-0.2, 0) is 35.1 Å². The lowest BCUT2D eigenvalue weighted by Crippen LogP contribution is -2.11. The Morgan fingerprint density at radius 2 is 1.10 bits per heavy atom. The van der Waals surface area contributed by atoms with Gasteiger partial charge in [0.15, 0.2) is 0 Å². The average molecular weight is 791 g/mol. The fourth-order valence-corrected chi connectivity index (χ4v) is 7.42.